The Labute approximate surface area is 162 Å². The first-order valence-corrected chi connectivity index (χ1v) is 9.81. The zero-order valence-corrected chi connectivity index (χ0v) is 15.7. The maximum Gasteiger partial charge on any atom is 0.224 e. The monoisotopic (exact) mass is 397 g/mol. The van der Waals surface area contributed by atoms with Crippen LogP contribution in [0.2, 0.25) is 0 Å². The minimum Gasteiger partial charge on any atom is -0.354 e. The van der Waals surface area contributed by atoms with Crippen molar-refractivity contribution in [2.24, 2.45) is 11.7 Å². The molecule has 0 bridgehead atoms. The van der Waals surface area contributed by atoms with Gasteiger partial charge in [-0.05, 0) is 43.7 Å². The molecule has 3 rings (SSSR count). The lowest BCUT2D eigenvalue weighted by Gasteiger charge is -2.28. The Hall–Kier alpha value is -2.09. The van der Waals surface area contributed by atoms with Crippen LogP contribution in [0.5, 0.6) is 0 Å². The van der Waals surface area contributed by atoms with Crippen LogP contribution in [-0.2, 0) is 16.0 Å². The topological polar surface area (TPSA) is 75.4 Å². The highest BCUT2D eigenvalue weighted by molar-refractivity contribution is 5.80. The molecule has 0 radical (unpaired) electrons. The van der Waals surface area contributed by atoms with Gasteiger partial charge in [0, 0.05) is 43.6 Å². The molecule has 0 spiro atoms. The van der Waals surface area contributed by atoms with Gasteiger partial charge in [0.15, 0.2) is 11.6 Å². The van der Waals surface area contributed by atoms with Crippen molar-refractivity contribution in [1.82, 2.24) is 10.2 Å². The van der Waals surface area contributed by atoms with Crippen LogP contribution < -0.4 is 11.1 Å². The number of hydrogen-bond acceptors (Lipinski definition) is 3. The highest BCUT2D eigenvalue weighted by Gasteiger charge is 2.31. The molecule has 1 saturated heterocycles. The molecular formula is C20H26F3N3O2. The summed E-state index contributed by atoms with van der Waals surface area (Å²) in [5.74, 6) is -3.29. The Morgan fingerprint density at radius 1 is 1.11 bits per heavy atom. The molecule has 5 nitrogen and oxygen atoms in total. The van der Waals surface area contributed by atoms with Crippen LogP contribution in [0, 0.1) is 23.4 Å². The minimum atomic E-state index is -1.25. The fourth-order valence-electron chi connectivity index (χ4n) is 3.83. The summed E-state index contributed by atoms with van der Waals surface area (Å²) in [6.45, 7) is 1.02. The molecule has 28 heavy (non-hydrogen) atoms. The van der Waals surface area contributed by atoms with Gasteiger partial charge in [-0.3, -0.25) is 9.59 Å². The van der Waals surface area contributed by atoms with Gasteiger partial charge in [0.2, 0.25) is 11.8 Å². The standard InChI is InChI=1S/C20H26F3N3O2/c21-16-10-18(23)17(22)8-13(16)7-14(24)9-19(27)26-6-2-5-15(26)11-25-20(28)12-3-1-4-12/h8,10,12,14-15H,1-7,9,11,24H2,(H,25,28)/t14-,15+/m1/s1. The summed E-state index contributed by atoms with van der Waals surface area (Å²) in [5.41, 5.74) is 5.91. The molecule has 0 aromatic heterocycles. The third-order valence-corrected chi connectivity index (χ3v) is 5.69. The average molecular weight is 397 g/mol. The predicted molar refractivity (Wildman–Crippen MR) is 97.7 cm³/mol. The van der Waals surface area contributed by atoms with Gasteiger partial charge in [-0.15, -0.1) is 0 Å². The van der Waals surface area contributed by atoms with Gasteiger partial charge in [-0.1, -0.05) is 6.42 Å². The van der Waals surface area contributed by atoms with Crippen LogP contribution in [0.15, 0.2) is 12.1 Å². The van der Waals surface area contributed by atoms with Gasteiger partial charge >= 0.3 is 0 Å². The second kappa shape index (κ2) is 8.94. The van der Waals surface area contributed by atoms with E-state index < -0.39 is 23.5 Å². The summed E-state index contributed by atoms with van der Waals surface area (Å²) in [4.78, 5) is 26.3. The van der Waals surface area contributed by atoms with Gasteiger partial charge in [0.1, 0.15) is 5.82 Å². The first-order valence-electron chi connectivity index (χ1n) is 9.81. The summed E-state index contributed by atoms with van der Waals surface area (Å²) < 4.78 is 40.1. The molecule has 2 fully saturated rings. The van der Waals surface area contributed by atoms with Crippen LogP contribution in [0.1, 0.15) is 44.1 Å². The van der Waals surface area contributed by atoms with Crippen LogP contribution >= 0.6 is 0 Å². The van der Waals surface area contributed by atoms with Crippen LogP contribution in [0.4, 0.5) is 13.2 Å². The molecule has 1 aliphatic heterocycles. The van der Waals surface area contributed by atoms with Crippen molar-refractivity contribution in [3.05, 3.63) is 35.1 Å². The number of nitrogens with two attached hydrogens (primary N) is 1. The van der Waals surface area contributed by atoms with Crippen molar-refractivity contribution in [3.8, 4) is 0 Å². The largest absolute Gasteiger partial charge is 0.354 e. The second-order valence-electron chi connectivity index (χ2n) is 7.78. The summed E-state index contributed by atoms with van der Waals surface area (Å²) in [5, 5.41) is 2.93. The predicted octanol–water partition coefficient (Wildman–Crippen LogP) is 2.27. The zero-order chi connectivity index (χ0) is 20.3. The number of benzene rings is 1. The molecule has 8 heteroatoms. The number of carbonyl (C=O) groups is 2. The Bertz CT molecular complexity index is 740. The lowest BCUT2D eigenvalue weighted by molar-refractivity contribution is -0.133. The van der Waals surface area contributed by atoms with E-state index in [4.69, 9.17) is 5.73 Å². The molecule has 1 aromatic rings. The van der Waals surface area contributed by atoms with Gasteiger partial charge in [-0.25, -0.2) is 13.2 Å². The summed E-state index contributed by atoms with van der Waals surface area (Å²) in [6, 6.07) is 0.492. The van der Waals surface area contributed by atoms with Crippen LogP contribution in [0.25, 0.3) is 0 Å². The van der Waals surface area contributed by atoms with Crippen molar-refractivity contribution in [2.45, 2.75) is 57.0 Å². The molecule has 1 aromatic carbocycles. The molecular weight excluding hydrogens is 371 g/mol. The highest BCUT2D eigenvalue weighted by atomic mass is 19.2. The smallest absolute Gasteiger partial charge is 0.224 e. The molecule has 2 amide bonds. The van der Waals surface area contributed by atoms with Crippen LogP contribution in [-0.4, -0.2) is 41.9 Å². The Kier molecular flexibility index (Phi) is 6.59. The van der Waals surface area contributed by atoms with Gasteiger partial charge in [-0.2, -0.15) is 0 Å². The van der Waals surface area contributed by atoms with Gasteiger partial charge < -0.3 is 16.0 Å². The summed E-state index contributed by atoms with van der Waals surface area (Å²) >= 11 is 0. The van der Waals surface area contributed by atoms with E-state index in [1.165, 1.54) is 0 Å². The van der Waals surface area contributed by atoms with Crippen molar-refractivity contribution < 1.29 is 22.8 Å². The second-order valence-corrected chi connectivity index (χ2v) is 7.78. The normalized spacial score (nSPS) is 20.7. The third-order valence-electron chi connectivity index (χ3n) is 5.69. The lowest BCUT2D eigenvalue weighted by Crippen LogP contribution is -2.46. The summed E-state index contributed by atoms with van der Waals surface area (Å²) in [7, 11) is 0. The highest BCUT2D eigenvalue weighted by Crippen LogP contribution is 2.26. The quantitative estimate of drug-likeness (QED) is 0.693. The lowest BCUT2D eigenvalue weighted by atomic mass is 9.85. The van der Waals surface area contributed by atoms with Crippen molar-refractivity contribution in [3.63, 3.8) is 0 Å². The third kappa shape index (κ3) is 4.84. The molecule has 154 valence electrons. The molecule has 1 heterocycles. The van der Waals surface area contributed by atoms with E-state index in [1.807, 2.05) is 0 Å². The Morgan fingerprint density at radius 3 is 2.50 bits per heavy atom. The number of halogens is 3. The van der Waals surface area contributed by atoms with Gasteiger partial charge in [0.25, 0.3) is 0 Å². The first kappa shape index (κ1) is 20.6. The fourth-order valence-corrected chi connectivity index (χ4v) is 3.83. The number of amides is 2. The molecule has 0 unspecified atom stereocenters. The number of nitrogens with one attached hydrogen (secondary N) is 1. The SMILES string of the molecule is N[C@@H](CC(=O)N1CCC[C@H]1CNC(=O)C1CCC1)Cc1cc(F)c(F)cc1F. The Balaban J connectivity index is 1.51. The molecule has 2 atom stereocenters. The van der Waals surface area contributed by atoms with Crippen molar-refractivity contribution >= 4 is 11.8 Å². The fraction of sp³-hybridized carbons (Fsp3) is 0.600. The van der Waals surface area contributed by atoms with E-state index >= 15 is 0 Å². The van der Waals surface area contributed by atoms with E-state index in [-0.39, 0.29) is 42.2 Å². The molecule has 3 N–H and O–H groups in total. The maximum absolute atomic E-state index is 13.8. The number of carbonyl (C=O) groups excluding carboxylic acids is 2. The van der Waals surface area contributed by atoms with Crippen molar-refractivity contribution in [2.75, 3.05) is 13.1 Å². The Morgan fingerprint density at radius 2 is 1.82 bits per heavy atom. The van der Waals surface area contributed by atoms with E-state index in [0.29, 0.717) is 19.2 Å². The minimum absolute atomic E-state index is 0.0223. The van der Waals surface area contributed by atoms with Crippen LogP contribution in [0.3, 0.4) is 0 Å². The van der Waals surface area contributed by atoms with Crippen molar-refractivity contribution in [1.29, 1.82) is 0 Å². The maximum atomic E-state index is 13.8. The van der Waals surface area contributed by atoms with Gasteiger partial charge in [0.05, 0.1) is 0 Å². The number of likely N-dealkylation sites (tertiary alicyclic amines) is 1. The van der Waals surface area contributed by atoms with E-state index in [2.05, 4.69) is 5.32 Å². The molecule has 1 aliphatic carbocycles. The number of hydrogen-bond donors (Lipinski definition) is 2. The van der Waals surface area contributed by atoms with E-state index in [9.17, 15) is 22.8 Å². The molecule has 2 aliphatic rings. The number of nitrogens with zero attached hydrogens (tertiary/aromatic N) is 1. The average Bonchev–Trinajstić information content (AvgIpc) is 3.05. The number of rotatable bonds is 7. The zero-order valence-electron chi connectivity index (χ0n) is 15.7. The summed E-state index contributed by atoms with van der Waals surface area (Å²) in [6.07, 6.45) is 4.51. The van der Waals surface area contributed by atoms with E-state index in [0.717, 1.165) is 38.2 Å². The molecule has 1 saturated carbocycles. The van der Waals surface area contributed by atoms with E-state index in [1.54, 1.807) is 4.90 Å². The first-order chi connectivity index (χ1) is 13.3.